The molecule has 0 saturated heterocycles. The van der Waals surface area contributed by atoms with Crippen LogP contribution in [0.3, 0.4) is 0 Å². The number of ether oxygens (including phenoxy) is 2. The highest BCUT2D eigenvalue weighted by Gasteiger charge is 2.45. The van der Waals surface area contributed by atoms with Crippen LogP contribution in [0.4, 0.5) is 4.39 Å². The summed E-state index contributed by atoms with van der Waals surface area (Å²) < 4.78 is 25.8. The number of esters is 2. The monoisotopic (exact) mass is 416 g/mol. The number of rotatable bonds is 6. The maximum absolute atomic E-state index is 14.8. The zero-order valence-corrected chi connectivity index (χ0v) is 17.0. The van der Waals surface area contributed by atoms with Crippen molar-refractivity contribution in [3.63, 3.8) is 0 Å². The minimum absolute atomic E-state index is 0.125. The molecule has 0 aromatic heterocycles. The van der Waals surface area contributed by atoms with Crippen LogP contribution in [0.2, 0.25) is 0 Å². The van der Waals surface area contributed by atoms with E-state index in [1.54, 1.807) is 19.1 Å². The smallest absolute Gasteiger partial charge is 0.339 e. The van der Waals surface area contributed by atoms with Crippen molar-refractivity contribution in [2.45, 2.75) is 18.9 Å². The van der Waals surface area contributed by atoms with Crippen LogP contribution in [0.5, 0.6) is 0 Å². The summed E-state index contributed by atoms with van der Waals surface area (Å²) in [6.45, 7) is 1.81. The summed E-state index contributed by atoms with van der Waals surface area (Å²) in [7, 11) is 0. The highest BCUT2D eigenvalue weighted by molar-refractivity contribution is 6.28. The SMILES string of the molecule is CCOC(=O)C(c1ccccc1F)C1OC(=O)C(c2ccccc2)=C1c1ccccc1. The highest BCUT2D eigenvalue weighted by atomic mass is 19.1. The first kappa shape index (κ1) is 20.5. The highest BCUT2D eigenvalue weighted by Crippen LogP contribution is 2.44. The first-order valence-electron chi connectivity index (χ1n) is 10.1. The Morgan fingerprint density at radius 2 is 1.52 bits per heavy atom. The van der Waals surface area contributed by atoms with Gasteiger partial charge in [0.05, 0.1) is 12.2 Å². The van der Waals surface area contributed by atoms with Gasteiger partial charge in [0.1, 0.15) is 17.8 Å². The van der Waals surface area contributed by atoms with Crippen LogP contribution in [-0.2, 0) is 19.1 Å². The molecule has 3 aromatic rings. The molecule has 5 heteroatoms. The fourth-order valence-corrected chi connectivity index (χ4v) is 3.90. The lowest BCUT2D eigenvalue weighted by Gasteiger charge is -2.24. The standard InChI is InChI=1S/C26H21FO4/c1-2-30-25(28)23(19-15-9-10-16-20(19)27)24-21(17-11-5-3-6-12-17)22(26(29)31-24)18-13-7-4-8-14-18/h3-16,23-24H,2H2,1H3. The second-order valence-corrected chi connectivity index (χ2v) is 7.10. The van der Waals surface area contributed by atoms with Crippen LogP contribution < -0.4 is 0 Å². The second-order valence-electron chi connectivity index (χ2n) is 7.10. The lowest BCUT2D eigenvalue weighted by atomic mass is 9.83. The van der Waals surface area contributed by atoms with Crippen molar-refractivity contribution in [3.8, 4) is 0 Å². The van der Waals surface area contributed by atoms with E-state index in [4.69, 9.17) is 9.47 Å². The Kier molecular flexibility index (Phi) is 5.94. The summed E-state index contributed by atoms with van der Waals surface area (Å²) >= 11 is 0. The molecule has 4 nitrogen and oxygen atoms in total. The van der Waals surface area contributed by atoms with Gasteiger partial charge < -0.3 is 9.47 Å². The van der Waals surface area contributed by atoms with Crippen LogP contribution in [0.1, 0.15) is 29.5 Å². The molecule has 1 aliphatic heterocycles. The first-order valence-corrected chi connectivity index (χ1v) is 10.1. The zero-order chi connectivity index (χ0) is 21.8. The Bertz CT molecular complexity index is 1120. The Hall–Kier alpha value is -3.73. The predicted octanol–water partition coefficient (Wildman–Crippen LogP) is 5.01. The minimum Gasteiger partial charge on any atom is -0.465 e. The van der Waals surface area contributed by atoms with Crippen LogP contribution >= 0.6 is 0 Å². The summed E-state index contributed by atoms with van der Waals surface area (Å²) in [5, 5.41) is 0. The van der Waals surface area contributed by atoms with Gasteiger partial charge in [-0.05, 0) is 24.1 Å². The molecular formula is C26H21FO4. The fraction of sp³-hybridized carbons (Fsp3) is 0.154. The summed E-state index contributed by atoms with van der Waals surface area (Å²) in [4.78, 5) is 26.1. The van der Waals surface area contributed by atoms with Gasteiger partial charge in [0.15, 0.2) is 0 Å². The number of halogens is 1. The zero-order valence-electron chi connectivity index (χ0n) is 17.0. The van der Waals surface area contributed by atoms with Gasteiger partial charge in [-0.3, -0.25) is 4.79 Å². The topological polar surface area (TPSA) is 52.6 Å². The maximum Gasteiger partial charge on any atom is 0.339 e. The van der Waals surface area contributed by atoms with E-state index in [1.165, 1.54) is 12.1 Å². The van der Waals surface area contributed by atoms with E-state index >= 15 is 0 Å². The van der Waals surface area contributed by atoms with Crippen molar-refractivity contribution >= 4 is 23.1 Å². The molecule has 0 aliphatic carbocycles. The molecule has 1 aliphatic rings. The predicted molar refractivity (Wildman–Crippen MR) is 115 cm³/mol. The average Bonchev–Trinajstić information content (AvgIpc) is 3.13. The van der Waals surface area contributed by atoms with Crippen LogP contribution in [0, 0.1) is 5.82 Å². The van der Waals surface area contributed by atoms with E-state index in [9.17, 15) is 14.0 Å². The van der Waals surface area contributed by atoms with Crippen molar-refractivity contribution in [2.24, 2.45) is 0 Å². The van der Waals surface area contributed by atoms with Gasteiger partial charge in [-0.2, -0.15) is 0 Å². The Balaban J connectivity index is 1.94. The molecule has 0 radical (unpaired) electrons. The molecule has 0 amide bonds. The molecule has 3 aromatic carbocycles. The molecule has 2 unspecified atom stereocenters. The normalized spacial score (nSPS) is 16.7. The fourth-order valence-electron chi connectivity index (χ4n) is 3.90. The molecule has 1 heterocycles. The molecule has 0 N–H and O–H groups in total. The Labute approximate surface area is 179 Å². The largest absolute Gasteiger partial charge is 0.465 e. The second kappa shape index (κ2) is 8.96. The molecule has 4 rings (SSSR count). The van der Waals surface area contributed by atoms with Crippen molar-refractivity contribution in [2.75, 3.05) is 6.61 Å². The van der Waals surface area contributed by atoms with E-state index in [0.29, 0.717) is 16.7 Å². The van der Waals surface area contributed by atoms with Crippen LogP contribution in [-0.4, -0.2) is 24.6 Å². The quantitative estimate of drug-likeness (QED) is 0.530. The van der Waals surface area contributed by atoms with Gasteiger partial charge in [-0.15, -0.1) is 0 Å². The van der Waals surface area contributed by atoms with Gasteiger partial charge in [0.25, 0.3) is 0 Å². The van der Waals surface area contributed by atoms with Gasteiger partial charge in [0.2, 0.25) is 0 Å². The van der Waals surface area contributed by atoms with E-state index < -0.39 is 29.8 Å². The molecular weight excluding hydrogens is 395 g/mol. The minimum atomic E-state index is -1.14. The molecule has 0 bridgehead atoms. The lowest BCUT2D eigenvalue weighted by Crippen LogP contribution is -2.30. The summed E-state index contributed by atoms with van der Waals surface area (Å²) in [5.41, 5.74) is 2.43. The third kappa shape index (κ3) is 3.99. The van der Waals surface area contributed by atoms with Gasteiger partial charge in [0, 0.05) is 11.1 Å². The Morgan fingerprint density at radius 3 is 2.13 bits per heavy atom. The summed E-state index contributed by atoms with van der Waals surface area (Å²) in [6, 6.07) is 24.3. The van der Waals surface area contributed by atoms with Crippen LogP contribution in [0.15, 0.2) is 84.9 Å². The van der Waals surface area contributed by atoms with Crippen molar-refractivity contribution in [3.05, 3.63) is 107 Å². The number of benzene rings is 3. The van der Waals surface area contributed by atoms with Gasteiger partial charge in [-0.1, -0.05) is 78.9 Å². The van der Waals surface area contributed by atoms with E-state index in [0.717, 1.165) is 5.56 Å². The number of carbonyl (C=O) groups is 2. The van der Waals surface area contributed by atoms with Crippen LogP contribution in [0.25, 0.3) is 11.1 Å². The first-order chi connectivity index (χ1) is 15.1. The molecule has 31 heavy (non-hydrogen) atoms. The van der Waals surface area contributed by atoms with Crippen molar-refractivity contribution < 1.29 is 23.5 Å². The number of carbonyl (C=O) groups excluding carboxylic acids is 2. The molecule has 0 spiro atoms. The van der Waals surface area contributed by atoms with Gasteiger partial charge in [-0.25, -0.2) is 9.18 Å². The number of hydrogen-bond acceptors (Lipinski definition) is 4. The molecule has 0 saturated carbocycles. The van der Waals surface area contributed by atoms with E-state index in [1.807, 2.05) is 60.7 Å². The summed E-state index contributed by atoms with van der Waals surface area (Å²) in [6.07, 6.45) is -1.03. The summed E-state index contributed by atoms with van der Waals surface area (Å²) in [5.74, 6) is -2.90. The van der Waals surface area contributed by atoms with Crippen molar-refractivity contribution in [1.29, 1.82) is 0 Å². The van der Waals surface area contributed by atoms with Crippen molar-refractivity contribution in [1.82, 2.24) is 0 Å². The third-order valence-electron chi connectivity index (χ3n) is 5.22. The third-order valence-corrected chi connectivity index (χ3v) is 5.22. The molecule has 156 valence electrons. The number of hydrogen-bond donors (Lipinski definition) is 0. The van der Waals surface area contributed by atoms with E-state index in [-0.39, 0.29) is 12.2 Å². The molecule has 0 fully saturated rings. The van der Waals surface area contributed by atoms with E-state index in [2.05, 4.69) is 0 Å². The lowest BCUT2D eigenvalue weighted by molar-refractivity contribution is -0.150. The maximum atomic E-state index is 14.8. The average molecular weight is 416 g/mol. The number of cyclic esters (lactones) is 1. The van der Waals surface area contributed by atoms with Gasteiger partial charge >= 0.3 is 11.9 Å². The molecule has 2 atom stereocenters. The Morgan fingerprint density at radius 1 is 0.935 bits per heavy atom.